The van der Waals surface area contributed by atoms with Crippen LogP contribution in [0.25, 0.3) is 10.8 Å². The van der Waals surface area contributed by atoms with Crippen molar-refractivity contribution < 1.29 is 9.50 Å². The molecule has 0 aliphatic heterocycles. The maximum atomic E-state index is 13.5. The fourth-order valence-corrected chi connectivity index (χ4v) is 1.97. The number of hydrogen-bond donors (Lipinski definition) is 1. The molecule has 0 saturated carbocycles. The van der Waals surface area contributed by atoms with Gasteiger partial charge < -0.3 is 5.11 Å². The fraction of sp³-hybridized carbons (Fsp3) is 0.375. The maximum Gasteiger partial charge on any atom is 0.127 e. The first-order valence-corrected chi connectivity index (χ1v) is 6.35. The van der Waals surface area contributed by atoms with Gasteiger partial charge in [0.15, 0.2) is 0 Å². The van der Waals surface area contributed by atoms with Crippen LogP contribution in [-0.2, 0) is 6.42 Å². The van der Waals surface area contributed by atoms with Crippen LogP contribution in [0.15, 0.2) is 30.3 Å². The van der Waals surface area contributed by atoms with E-state index < -0.39 is 0 Å². The van der Waals surface area contributed by atoms with Crippen molar-refractivity contribution in [2.75, 3.05) is 7.11 Å². The molecule has 0 unspecified atom stereocenters. The summed E-state index contributed by atoms with van der Waals surface area (Å²) in [6, 6.07) is 9.47. The minimum Gasteiger partial charge on any atom is -0.400 e. The van der Waals surface area contributed by atoms with Crippen LogP contribution in [0.2, 0.25) is 0 Å². The van der Waals surface area contributed by atoms with Crippen molar-refractivity contribution in [1.29, 1.82) is 0 Å². The SMILES string of the molecule is CC.CCc1c(F)ccc2cccc(C)c12.CO. The summed E-state index contributed by atoms with van der Waals surface area (Å²) in [5.74, 6) is -0.0886. The number of benzene rings is 2. The van der Waals surface area contributed by atoms with Gasteiger partial charge in [-0.15, -0.1) is 0 Å². The molecule has 0 amide bonds. The number of rotatable bonds is 1. The smallest absolute Gasteiger partial charge is 0.127 e. The van der Waals surface area contributed by atoms with Gasteiger partial charge in [0.05, 0.1) is 0 Å². The van der Waals surface area contributed by atoms with E-state index in [1.807, 2.05) is 52.0 Å². The van der Waals surface area contributed by atoms with Crippen molar-refractivity contribution in [2.24, 2.45) is 0 Å². The lowest BCUT2D eigenvalue weighted by atomic mass is 9.98. The van der Waals surface area contributed by atoms with Gasteiger partial charge in [-0.2, -0.15) is 0 Å². The summed E-state index contributed by atoms with van der Waals surface area (Å²) in [6.07, 6.45) is 0.744. The summed E-state index contributed by atoms with van der Waals surface area (Å²) in [5, 5.41) is 9.21. The number of hydrogen-bond acceptors (Lipinski definition) is 1. The summed E-state index contributed by atoms with van der Waals surface area (Å²) >= 11 is 0. The van der Waals surface area contributed by atoms with Crippen molar-refractivity contribution in [1.82, 2.24) is 0 Å². The molecule has 1 N–H and O–H groups in total. The predicted molar refractivity (Wildman–Crippen MR) is 77.5 cm³/mol. The minimum absolute atomic E-state index is 0.0886. The van der Waals surface area contributed by atoms with Gasteiger partial charge in [0.2, 0.25) is 0 Å². The molecule has 1 nitrogen and oxygen atoms in total. The molecule has 0 atom stereocenters. The first kappa shape index (κ1) is 16.6. The van der Waals surface area contributed by atoms with Gasteiger partial charge in [0.25, 0.3) is 0 Å². The number of aliphatic hydroxyl groups is 1. The lowest BCUT2D eigenvalue weighted by Crippen LogP contribution is -1.91. The Bertz CT molecular complexity index is 478. The van der Waals surface area contributed by atoms with Crippen LogP contribution in [0.1, 0.15) is 31.9 Å². The number of fused-ring (bicyclic) bond motifs is 1. The van der Waals surface area contributed by atoms with Crippen LogP contribution in [0.4, 0.5) is 4.39 Å². The monoisotopic (exact) mass is 250 g/mol. The summed E-state index contributed by atoms with van der Waals surface area (Å²) in [7, 11) is 1.00. The van der Waals surface area contributed by atoms with Crippen LogP contribution in [0, 0.1) is 12.7 Å². The fourth-order valence-electron chi connectivity index (χ4n) is 1.97. The van der Waals surface area contributed by atoms with Crippen molar-refractivity contribution >= 4 is 10.8 Å². The molecule has 2 aromatic carbocycles. The molecule has 2 rings (SSSR count). The van der Waals surface area contributed by atoms with E-state index in [0.717, 1.165) is 35.4 Å². The molecule has 18 heavy (non-hydrogen) atoms. The van der Waals surface area contributed by atoms with E-state index in [4.69, 9.17) is 5.11 Å². The van der Waals surface area contributed by atoms with Crippen molar-refractivity contribution in [3.63, 3.8) is 0 Å². The highest BCUT2D eigenvalue weighted by Gasteiger charge is 2.06. The number of aryl methyl sites for hydroxylation is 2. The Morgan fingerprint density at radius 3 is 2.22 bits per heavy atom. The van der Waals surface area contributed by atoms with Crippen LogP contribution in [0.5, 0.6) is 0 Å². The van der Waals surface area contributed by atoms with E-state index in [0.29, 0.717) is 0 Å². The van der Waals surface area contributed by atoms with Gasteiger partial charge in [0, 0.05) is 7.11 Å². The van der Waals surface area contributed by atoms with Gasteiger partial charge in [-0.25, -0.2) is 4.39 Å². The van der Waals surface area contributed by atoms with Gasteiger partial charge >= 0.3 is 0 Å². The molecule has 0 aliphatic carbocycles. The van der Waals surface area contributed by atoms with Gasteiger partial charge in [-0.1, -0.05) is 45.0 Å². The standard InChI is InChI=1S/C13H13F.C2H6.CH4O/c1-3-11-12(14)8-7-10-6-4-5-9(2)13(10)11;2*1-2/h4-8H,3H2,1-2H3;1-2H3;2H,1H3. The van der Waals surface area contributed by atoms with E-state index in [1.54, 1.807) is 6.07 Å². The molecular formula is C16H23FO. The predicted octanol–water partition coefficient (Wildman–Crippen LogP) is 4.48. The Hall–Kier alpha value is -1.41. The zero-order valence-corrected chi connectivity index (χ0v) is 11.9. The molecule has 0 heterocycles. The zero-order chi connectivity index (χ0) is 14.1. The Labute approximate surface area is 109 Å². The second-order valence-corrected chi connectivity index (χ2v) is 3.55. The van der Waals surface area contributed by atoms with Crippen LogP contribution in [-0.4, -0.2) is 12.2 Å². The lowest BCUT2D eigenvalue weighted by molar-refractivity contribution is 0.399. The number of halogens is 1. The molecular weight excluding hydrogens is 227 g/mol. The molecule has 0 aliphatic rings. The third-order valence-corrected chi connectivity index (χ3v) is 2.66. The Morgan fingerprint density at radius 1 is 1.06 bits per heavy atom. The maximum absolute atomic E-state index is 13.5. The molecule has 0 spiro atoms. The van der Waals surface area contributed by atoms with E-state index in [1.165, 1.54) is 0 Å². The summed E-state index contributed by atoms with van der Waals surface area (Å²) in [5.41, 5.74) is 1.99. The summed E-state index contributed by atoms with van der Waals surface area (Å²) in [6.45, 7) is 8.02. The van der Waals surface area contributed by atoms with E-state index >= 15 is 0 Å². The Kier molecular flexibility index (Phi) is 7.97. The van der Waals surface area contributed by atoms with Gasteiger partial charge in [0.1, 0.15) is 5.82 Å². The highest BCUT2D eigenvalue weighted by molar-refractivity contribution is 5.88. The topological polar surface area (TPSA) is 20.2 Å². The molecule has 100 valence electrons. The normalized spacial score (nSPS) is 9.06. The molecule has 0 bridgehead atoms. The average Bonchev–Trinajstić information content (AvgIpc) is 2.44. The number of aliphatic hydroxyl groups excluding tert-OH is 1. The molecule has 2 heteroatoms. The van der Waals surface area contributed by atoms with E-state index in [2.05, 4.69) is 0 Å². The molecule has 0 saturated heterocycles. The highest BCUT2D eigenvalue weighted by Crippen LogP contribution is 2.25. The zero-order valence-electron chi connectivity index (χ0n) is 11.9. The van der Waals surface area contributed by atoms with Crippen molar-refractivity contribution in [3.8, 4) is 0 Å². The van der Waals surface area contributed by atoms with E-state index in [9.17, 15) is 4.39 Å². The Balaban J connectivity index is 0.000000659. The quantitative estimate of drug-likeness (QED) is 0.791. The summed E-state index contributed by atoms with van der Waals surface area (Å²) < 4.78 is 13.5. The minimum atomic E-state index is -0.0886. The molecule has 2 aromatic rings. The second-order valence-electron chi connectivity index (χ2n) is 3.55. The van der Waals surface area contributed by atoms with Crippen LogP contribution >= 0.6 is 0 Å². The average molecular weight is 250 g/mol. The lowest BCUT2D eigenvalue weighted by Gasteiger charge is -2.08. The first-order chi connectivity index (χ1) is 8.74. The van der Waals surface area contributed by atoms with Crippen molar-refractivity contribution in [3.05, 3.63) is 47.3 Å². The van der Waals surface area contributed by atoms with Crippen LogP contribution < -0.4 is 0 Å². The molecule has 0 radical (unpaired) electrons. The second kappa shape index (κ2) is 8.65. The first-order valence-electron chi connectivity index (χ1n) is 6.35. The van der Waals surface area contributed by atoms with Gasteiger partial charge in [-0.3, -0.25) is 0 Å². The van der Waals surface area contributed by atoms with E-state index in [-0.39, 0.29) is 5.82 Å². The van der Waals surface area contributed by atoms with Crippen molar-refractivity contribution in [2.45, 2.75) is 34.1 Å². The molecule has 0 fully saturated rings. The third kappa shape index (κ3) is 3.54. The van der Waals surface area contributed by atoms with Crippen LogP contribution in [0.3, 0.4) is 0 Å². The third-order valence-electron chi connectivity index (χ3n) is 2.66. The summed E-state index contributed by atoms with van der Waals surface area (Å²) in [4.78, 5) is 0. The Morgan fingerprint density at radius 2 is 1.67 bits per heavy atom. The largest absolute Gasteiger partial charge is 0.400 e. The highest BCUT2D eigenvalue weighted by atomic mass is 19.1. The van der Waals surface area contributed by atoms with Gasteiger partial charge in [-0.05, 0) is 41.3 Å². The molecule has 0 aromatic heterocycles.